The van der Waals surface area contributed by atoms with E-state index >= 15 is 0 Å². The van der Waals surface area contributed by atoms with E-state index in [1.807, 2.05) is 26.0 Å². The minimum atomic E-state index is -0.173. The third-order valence-corrected chi connectivity index (χ3v) is 4.28. The molecule has 3 heterocycles. The topological polar surface area (TPSA) is 87.1 Å². The van der Waals surface area contributed by atoms with E-state index in [1.165, 1.54) is 0 Å². The molecule has 1 fully saturated rings. The molecule has 1 atom stereocenters. The second-order valence-corrected chi connectivity index (χ2v) is 6.14. The van der Waals surface area contributed by atoms with Crippen LogP contribution in [-0.4, -0.2) is 39.1 Å². The smallest absolute Gasteiger partial charge is 0.223 e. The standard InChI is InChI=1S/C16H23N5O2/c1-11(15-18-12(2)19-20-15)17-16(22)13-5-7-21(8-6-13)10-14-4-3-9-23-14/h3-4,9,11,13H,5-8,10H2,1-2H3,(H,17,22)(H,18,19,20). The van der Waals surface area contributed by atoms with Crippen LogP contribution in [0.1, 0.15) is 43.2 Å². The van der Waals surface area contributed by atoms with E-state index < -0.39 is 0 Å². The summed E-state index contributed by atoms with van der Waals surface area (Å²) in [4.78, 5) is 19.0. The van der Waals surface area contributed by atoms with Crippen molar-refractivity contribution in [3.05, 3.63) is 35.8 Å². The number of aromatic nitrogens is 3. The predicted molar refractivity (Wildman–Crippen MR) is 84.4 cm³/mol. The molecule has 0 bridgehead atoms. The van der Waals surface area contributed by atoms with Gasteiger partial charge < -0.3 is 9.73 Å². The van der Waals surface area contributed by atoms with Crippen molar-refractivity contribution in [1.82, 2.24) is 25.4 Å². The molecule has 0 aromatic carbocycles. The van der Waals surface area contributed by atoms with Crippen molar-refractivity contribution in [1.29, 1.82) is 0 Å². The molecule has 1 aliphatic heterocycles. The van der Waals surface area contributed by atoms with Gasteiger partial charge in [-0.25, -0.2) is 4.98 Å². The van der Waals surface area contributed by atoms with Gasteiger partial charge in [0.15, 0.2) is 5.82 Å². The quantitative estimate of drug-likeness (QED) is 0.878. The lowest BCUT2D eigenvalue weighted by atomic mass is 9.95. The largest absolute Gasteiger partial charge is 0.468 e. The Morgan fingerprint density at radius 1 is 1.52 bits per heavy atom. The lowest BCUT2D eigenvalue weighted by Crippen LogP contribution is -2.41. The number of rotatable bonds is 5. The number of nitrogens with one attached hydrogen (secondary N) is 2. The zero-order valence-electron chi connectivity index (χ0n) is 13.6. The average Bonchev–Trinajstić information content (AvgIpc) is 3.19. The fraction of sp³-hybridized carbons (Fsp3) is 0.562. The molecule has 1 unspecified atom stereocenters. The Morgan fingerprint density at radius 2 is 2.30 bits per heavy atom. The third-order valence-electron chi connectivity index (χ3n) is 4.28. The summed E-state index contributed by atoms with van der Waals surface area (Å²) < 4.78 is 5.38. The number of carbonyl (C=O) groups excluding carboxylic acids is 1. The summed E-state index contributed by atoms with van der Waals surface area (Å²) in [6, 6.07) is 3.72. The Hall–Kier alpha value is -2.15. The van der Waals surface area contributed by atoms with Gasteiger partial charge in [-0.3, -0.25) is 14.8 Å². The Kier molecular flexibility index (Phi) is 4.76. The number of aryl methyl sites for hydroxylation is 1. The Balaban J connectivity index is 1.46. The van der Waals surface area contributed by atoms with Crippen molar-refractivity contribution in [3.8, 4) is 0 Å². The Morgan fingerprint density at radius 3 is 2.91 bits per heavy atom. The molecular formula is C16H23N5O2. The number of piperidine rings is 1. The van der Waals surface area contributed by atoms with Gasteiger partial charge in [-0.15, -0.1) is 0 Å². The van der Waals surface area contributed by atoms with Crippen LogP contribution in [0.2, 0.25) is 0 Å². The van der Waals surface area contributed by atoms with Gasteiger partial charge in [0.25, 0.3) is 0 Å². The van der Waals surface area contributed by atoms with Crippen molar-refractivity contribution in [2.75, 3.05) is 13.1 Å². The van der Waals surface area contributed by atoms with Gasteiger partial charge in [0.2, 0.25) is 5.91 Å². The van der Waals surface area contributed by atoms with Crippen LogP contribution in [0.25, 0.3) is 0 Å². The summed E-state index contributed by atoms with van der Waals surface area (Å²) >= 11 is 0. The first-order valence-electron chi connectivity index (χ1n) is 8.06. The molecule has 7 heteroatoms. The van der Waals surface area contributed by atoms with Crippen LogP contribution < -0.4 is 5.32 Å². The first kappa shape index (κ1) is 15.7. The van der Waals surface area contributed by atoms with Crippen LogP contribution in [0.5, 0.6) is 0 Å². The first-order chi connectivity index (χ1) is 11.1. The summed E-state index contributed by atoms with van der Waals surface area (Å²) in [5, 5.41) is 9.92. The minimum absolute atomic E-state index is 0.0605. The number of amides is 1. The minimum Gasteiger partial charge on any atom is -0.468 e. The molecule has 2 aromatic rings. The van der Waals surface area contributed by atoms with Crippen LogP contribution >= 0.6 is 0 Å². The summed E-state index contributed by atoms with van der Waals surface area (Å²) in [5.74, 6) is 2.52. The first-order valence-corrected chi connectivity index (χ1v) is 8.06. The van der Waals surface area contributed by atoms with E-state index in [2.05, 4.69) is 25.4 Å². The molecule has 124 valence electrons. The molecule has 2 N–H and O–H groups in total. The molecule has 0 saturated carbocycles. The molecule has 1 saturated heterocycles. The van der Waals surface area contributed by atoms with Gasteiger partial charge in [0, 0.05) is 5.92 Å². The van der Waals surface area contributed by atoms with Gasteiger partial charge in [-0.05, 0) is 51.9 Å². The van der Waals surface area contributed by atoms with E-state index in [0.29, 0.717) is 5.82 Å². The molecule has 1 aliphatic rings. The summed E-state index contributed by atoms with van der Waals surface area (Å²) in [6.45, 7) is 6.39. The van der Waals surface area contributed by atoms with Crippen molar-refractivity contribution in [3.63, 3.8) is 0 Å². The van der Waals surface area contributed by atoms with E-state index in [0.717, 1.165) is 44.1 Å². The maximum Gasteiger partial charge on any atom is 0.223 e. The average molecular weight is 317 g/mol. The maximum absolute atomic E-state index is 12.4. The van der Waals surface area contributed by atoms with Crippen LogP contribution in [0.3, 0.4) is 0 Å². The lowest BCUT2D eigenvalue weighted by Gasteiger charge is -2.31. The number of nitrogens with zero attached hydrogens (tertiary/aromatic N) is 3. The number of carbonyl (C=O) groups is 1. The molecule has 0 aliphatic carbocycles. The van der Waals surface area contributed by atoms with Gasteiger partial charge in [0.1, 0.15) is 11.6 Å². The van der Waals surface area contributed by atoms with E-state index in [9.17, 15) is 4.79 Å². The molecule has 3 rings (SSSR count). The van der Waals surface area contributed by atoms with Crippen molar-refractivity contribution in [2.24, 2.45) is 5.92 Å². The van der Waals surface area contributed by atoms with Crippen LogP contribution in [0.15, 0.2) is 22.8 Å². The molecule has 2 aromatic heterocycles. The third kappa shape index (κ3) is 3.98. The van der Waals surface area contributed by atoms with Crippen LogP contribution in [0, 0.1) is 12.8 Å². The zero-order chi connectivity index (χ0) is 16.2. The summed E-state index contributed by atoms with van der Waals surface area (Å²) in [7, 11) is 0. The molecule has 7 nitrogen and oxygen atoms in total. The molecular weight excluding hydrogens is 294 g/mol. The molecule has 23 heavy (non-hydrogen) atoms. The maximum atomic E-state index is 12.4. The van der Waals surface area contributed by atoms with E-state index in [4.69, 9.17) is 4.42 Å². The normalized spacial score (nSPS) is 18.0. The van der Waals surface area contributed by atoms with Gasteiger partial charge in [-0.2, -0.15) is 5.10 Å². The van der Waals surface area contributed by atoms with E-state index in [-0.39, 0.29) is 17.9 Å². The van der Waals surface area contributed by atoms with E-state index in [1.54, 1.807) is 6.26 Å². The molecule has 1 amide bonds. The number of hydrogen-bond acceptors (Lipinski definition) is 5. The highest BCUT2D eigenvalue weighted by Gasteiger charge is 2.26. The Bertz CT molecular complexity index is 629. The summed E-state index contributed by atoms with van der Waals surface area (Å²) in [5.41, 5.74) is 0. The number of H-pyrrole nitrogens is 1. The van der Waals surface area contributed by atoms with Crippen molar-refractivity contribution < 1.29 is 9.21 Å². The number of hydrogen-bond donors (Lipinski definition) is 2. The Labute approximate surface area is 135 Å². The van der Waals surface area contributed by atoms with Crippen LogP contribution in [0.4, 0.5) is 0 Å². The monoisotopic (exact) mass is 317 g/mol. The highest BCUT2D eigenvalue weighted by molar-refractivity contribution is 5.79. The number of likely N-dealkylation sites (tertiary alicyclic amines) is 1. The van der Waals surface area contributed by atoms with Gasteiger partial charge >= 0.3 is 0 Å². The van der Waals surface area contributed by atoms with Gasteiger partial charge in [0.05, 0.1) is 18.8 Å². The second-order valence-electron chi connectivity index (χ2n) is 6.14. The zero-order valence-corrected chi connectivity index (χ0v) is 13.6. The van der Waals surface area contributed by atoms with Crippen molar-refractivity contribution in [2.45, 2.75) is 39.3 Å². The van der Waals surface area contributed by atoms with Gasteiger partial charge in [-0.1, -0.05) is 0 Å². The highest BCUT2D eigenvalue weighted by Crippen LogP contribution is 2.20. The fourth-order valence-corrected chi connectivity index (χ4v) is 2.93. The lowest BCUT2D eigenvalue weighted by molar-refractivity contribution is -0.127. The molecule has 0 spiro atoms. The van der Waals surface area contributed by atoms with Crippen molar-refractivity contribution >= 4 is 5.91 Å². The highest BCUT2D eigenvalue weighted by atomic mass is 16.3. The molecule has 0 radical (unpaired) electrons. The number of aromatic amines is 1. The van der Waals surface area contributed by atoms with Crippen LogP contribution in [-0.2, 0) is 11.3 Å². The second kappa shape index (κ2) is 6.95. The predicted octanol–water partition coefficient (Wildman–Crippen LogP) is 1.80. The fourth-order valence-electron chi connectivity index (χ4n) is 2.93. The number of furan rings is 1. The SMILES string of the molecule is Cc1nc(C(C)NC(=O)C2CCN(Cc3ccco3)CC2)n[nH]1. The summed E-state index contributed by atoms with van der Waals surface area (Å²) in [6.07, 6.45) is 3.43.